The van der Waals surface area contributed by atoms with Gasteiger partial charge in [0, 0.05) is 6.20 Å². The summed E-state index contributed by atoms with van der Waals surface area (Å²) in [7, 11) is 0. The van der Waals surface area contributed by atoms with Gasteiger partial charge in [0.2, 0.25) is 5.76 Å². The van der Waals surface area contributed by atoms with Crippen LogP contribution in [-0.4, -0.2) is 10.9 Å². The zero-order chi connectivity index (χ0) is 21.7. The highest BCUT2D eigenvalue weighted by atomic mass is 16.3. The molecular formula is C26H22N2O3. The molecule has 1 amide bonds. The van der Waals surface area contributed by atoms with Gasteiger partial charge in [0.05, 0.1) is 17.0 Å². The van der Waals surface area contributed by atoms with Crippen molar-refractivity contribution in [1.29, 1.82) is 0 Å². The maximum absolute atomic E-state index is 13.5. The van der Waals surface area contributed by atoms with Crippen LogP contribution in [0.5, 0.6) is 0 Å². The van der Waals surface area contributed by atoms with E-state index in [9.17, 15) is 9.59 Å². The maximum atomic E-state index is 13.5. The van der Waals surface area contributed by atoms with E-state index in [-0.39, 0.29) is 17.1 Å². The van der Waals surface area contributed by atoms with Crippen molar-refractivity contribution in [3.63, 3.8) is 0 Å². The van der Waals surface area contributed by atoms with E-state index < -0.39 is 6.04 Å². The third kappa shape index (κ3) is 3.05. The van der Waals surface area contributed by atoms with E-state index in [0.717, 1.165) is 11.1 Å². The van der Waals surface area contributed by atoms with E-state index in [4.69, 9.17) is 4.42 Å². The van der Waals surface area contributed by atoms with Crippen LogP contribution in [0.3, 0.4) is 0 Å². The van der Waals surface area contributed by atoms with E-state index in [1.807, 2.05) is 43.3 Å². The number of aromatic nitrogens is 1. The maximum Gasteiger partial charge on any atom is 0.296 e. The number of carbonyl (C=O) groups excluding carboxylic acids is 1. The summed E-state index contributed by atoms with van der Waals surface area (Å²) >= 11 is 0. The second kappa shape index (κ2) is 7.20. The highest BCUT2D eigenvalue weighted by Gasteiger charge is 2.44. The second-order valence-corrected chi connectivity index (χ2v) is 8.26. The van der Waals surface area contributed by atoms with Crippen molar-refractivity contribution in [2.24, 2.45) is 0 Å². The molecule has 4 aromatic rings. The lowest BCUT2D eigenvalue weighted by molar-refractivity contribution is 0.0970. The molecule has 0 saturated carbocycles. The van der Waals surface area contributed by atoms with Crippen LogP contribution in [-0.2, 0) is 0 Å². The van der Waals surface area contributed by atoms with Crippen LogP contribution >= 0.6 is 0 Å². The Morgan fingerprint density at radius 3 is 2.45 bits per heavy atom. The number of aryl methyl sites for hydroxylation is 1. The lowest BCUT2D eigenvalue weighted by atomic mass is 9.95. The van der Waals surface area contributed by atoms with Gasteiger partial charge >= 0.3 is 0 Å². The Bertz CT molecular complexity index is 1370. The molecule has 3 heterocycles. The van der Waals surface area contributed by atoms with E-state index in [1.165, 1.54) is 5.56 Å². The molecule has 2 aromatic heterocycles. The number of anilines is 1. The minimum Gasteiger partial charge on any atom is -0.450 e. The Morgan fingerprint density at radius 2 is 1.74 bits per heavy atom. The highest BCUT2D eigenvalue weighted by molar-refractivity contribution is 6.10. The van der Waals surface area contributed by atoms with Gasteiger partial charge in [-0.1, -0.05) is 50.2 Å². The van der Waals surface area contributed by atoms with Gasteiger partial charge in [-0.3, -0.25) is 14.5 Å². The Morgan fingerprint density at radius 1 is 1.00 bits per heavy atom. The quantitative estimate of drug-likeness (QED) is 0.455. The van der Waals surface area contributed by atoms with Crippen LogP contribution in [0.25, 0.3) is 11.0 Å². The number of hydrogen-bond donors (Lipinski definition) is 0. The molecule has 2 aromatic carbocycles. The van der Waals surface area contributed by atoms with Crippen molar-refractivity contribution in [1.82, 2.24) is 4.98 Å². The topological polar surface area (TPSA) is 63.4 Å². The van der Waals surface area contributed by atoms with E-state index >= 15 is 0 Å². The van der Waals surface area contributed by atoms with Gasteiger partial charge in [-0.15, -0.1) is 0 Å². The molecule has 1 aliphatic rings. The molecule has 0 fully saturated rings. The molecule has 0 radical (unpaired) electrons. The fourth-order valence-corrected chi connectivity index (χ4v) is 4.19. The number of carbonyl (C=O) groups is 1. The number of nitrogens with zero attached hydrogens (tertiary/aromatic N) is 2. The molecule has 31 heavy (non-hydrogen) atoms. The summed E-state index contributed by atoms with van der Waals surface area (Å²) in [4.78, 5) is 33.0. The first kappa shape index (κ1) is 19.2. The summed E-state index contributed by atoms with van der Waals surface area (Å²) in [6.45, 7) is 6.21. The summed E-state index contributed by atoms with van der Waals surface area (Å²) in [6, 6.07) is 18.2. The van der Waals surface area contributed by atoms with E-state index in [0.29, 0.717) is 28.3 Å². The number of fused-ring (bicyclic) bond motifs is 2. The van der Waals surface area contributed by atoms with Gasteiger partial charge in [-0.05, 0) is 53.8 Å². The molecule has 5 heteroatoms. The van der Waals surface area contributed by atoms with Crippen LogP contribution in [0.1, 0.15) is 58.6 Å². The standard InChI is InChI=1S/C26H22N2O3/c1-15(2)17-8-10-18(11-9-17)23-22-24(29)19-6-4-5-7-20(19)31-25(22)26(30)28(23)21-14-16(3)12-13-27-21/h4-15,23H,1-3H3/t23-/m1/s1. The number of rotatable bonds is 3. The van der Waals surface area contributed by atoms with Crippen molar-refractivity contribution in [2.75, 3.05) is 4.90 Å². The average molecular weight is 410 g/mol. The minimum atomic E-state index is -0.598. The van der Waals surface area contributed by atoms with E-state index in [2.05, 4.69) is 18.8 Å². The molecule has 0 N–H and O–H groups in total. The van der Waals surface area contributed by atoms with Gasteiger partial charge in [0.1, 0.15) is 11.4 Å². The first-order chi connectivity index (χ1) is 15.0. The molecule has 5 rings (SSSR count). The summed E-state index contributed by atoms with van der Waals surface area (Å²) < 4.78 is 5.97. The molecule has 1 atom stereocenters. The SMILES string of the molecule is Cc1ccnc(N2C(=O)c3oc4ccccc4c(=O)c3[C@H]2c2ccc(C(C)C)cc2)c1. The van der Waals surface area contributed by atoms with Crippen LogP contribution in [0.4, 0.5) is 5.82 Å². The molecule has 0 spiro atoms. The number of amides is 1. The monoisotopic (exact) mass is 410 g/mol. The lowest BCUT2D eigenvalue weighted by Crippen LogP contribution is -2.30. The predicted molar refractivity (Wildman–Crippen MR) is 121 cm³/mol. The third-order valence-electron chi connectivity index (χ3n) is 5.84. The fourth-order valence-electron chi connectivity index (χ4n) is 4.19. The average Bonchev–Trinajstić information content (AvgIpc) is 3.06. The fraction of sp³-hybridized carbons (Fsp3) is 0.192. The van der Waals surface area contributed by atoms with Crippen molar-refractivity contribution < 1.29 is 9.21 Å². The Hall–Kier alpha value is -3.73. The normalized spacial score (nSPS) is 15.7. The van der Waals surface area contributed by atoms with Gasteiger partial charge < -0.3 is 4.42 Å². The molecule has 1 aliphatic heterocycles. The summed E-state index contributed by atoms with van der Waals surface area (Å²) in [5.74, 6) is 0.617. The van der Waals surface area contributed by atoms with Crippen LogP contribution < -0.4 is 10.3 Å². The number of benzene rings is 2. The van der Waals surface area contributed by atoms with Gasteiger partial charge in [0.15, 0.2) is 5.43 Å². The first-order valence-corrected chi connectivity index (χ1v) is 10.4. The van der Waals surface area contributed by atoms with Crippen LogP contribution in [0, 0.1) is 6.92 Å². The van der Waals surface area contributed by atoms with Gasteiger partial charge in [-0.25, -0.2) is 4.98 Å². The Labute approximate surface area is 180 Å². The second-order valence-electron chi connectivity index (χ2n) is 8.26. The number of pyridine rings is 1. The van der Waals surface area contributed by atoms with Crippen LogP contribution in [0.15, 0.2) is 76.1 Å². The van der Waals surface area contributed by atoms with E-state index in [1.54, 1.807) is 35.4 Å². The molecule has 154 valence electrons. The number of para-hydroxylation sites is 1. The molecule has 0 unspecified atom stereocenters. The van der Waals surface area contributed by atoms with Gasteiger partial charge in [0.25, 0.3) is 5.91 Å². The molecule has 0 saturated heterocycles. The van der Waals surface area contributed by atoms with Crippen LogP contribution in [0.2, 0.25) is 0 Å². The highest BCUT2D eigenvalue weighted by Crippen LogP contribution is 2.40. The minimum absolute atomic E-state index is 0.0879. The summed E-state index contributed by atoms with van der Waals surface area (Å²) in [5.41, 5.74) is 3.61. The Kier molecular flexibility index (Phi) is 4.47. The largest absolute Gasteiger partial charge is 0.450 e. The summed E-state index contributed by atoms with van der Waals surface area (Å²) in [5, 5.41) is 0.469. The first-order valence-electron chi connectivity index (χ1n) is 10.4. The third-order valence-corrected chi connectivity index (χ3v) is 5.84. The smallest absolute Gasteiger partial charge is 0.296 e. The van der Waals surface area contributed by atoms with Crippen molar-refractivity contribution in [3.05, 3.63) is 105 Å². The van der Waals surface area contributed by atoms with Gasteiger partial charge in [-0.2, -0.15) is 0 Å². The summed E-state index contributed by atoms with van der Waals surface area (Å²) in [6.07, 6.45) is 1.67. The predicted octanol–water partition coefficient (Wildman–Crippen LogP) is 5.37. The van der Waals surface area contributed by atoms with Crippen molar-refractivity contribution in [2.45, 2.75) is 32.7 Å². The molecule has 5 nitrogen and oxygen atoms in total. The zero-order valence-electron chi connectivity index (χ0n) is 17.6. The number of hydrogen-bond acceptors (Lipinski definition) is 4. The molecule has 0 aliphatic carbocycles. The van der Waals surface area contributed by atoms with Crippen molar-refractivity contribution in [3.8, 4) is 0 Å². The lowest BCUT2D eigenvalue weighted by Gasteiger charge is -2.24. The van der Waals surface area contributed by atoms with Crippen molar-refractivity contribution >= 4 is 22.7 Å². The molecular weight excluding hydrogens is 388 g/mol. The zero-order valence-corrected chi connectivity index (χ0v) is 17.6. The molecule has 0 bridgehead atoms. The Balaban J connectivity index is 1.78.